The minimum Gasteiger partial charge on any atom is -0.406 e. The van der Waals surface area contributed by atoms with Gasteiger partial charge in [0.05, 0.1) is 5.69 Å². The molecule has 0 bridgehead atoms. The first-order valence-corrected chi connectivity index (χ1v) is 8.26. The van der Waals surface area contributed by atoms with Crippen LogP contribution < -0.4 is 15.4 Å². The highest BCUT2D eigenvalue weighted by atomic mass is 32.2. The van der Waals surface area contributed by atoms with Gasteiger partial charge in [0.2, 0.25) is 11.8 Å². The van der Waals surface area contributed by atoms with Crippen LogP contribution in [0.3, 0.4) is 0 Å². The molecule has 0 radical (unpaired) electrons. The van der Waals surface area contributed by atoms with Crippen LogP contribution in [0.5, 0.6) is 5.75 Å². The van der Waals surface area contributed by atoms with Gasteiger partial charge >= 0.3 is 6.36 Å². The molecule has 1 aliphatic heterocycles. The molecule has 0 fully saturated rings. The quantitative estimate of drug-likeness (QED) is 0.787. The van der Waals surface area contributed by atoms with E-state index in [2.05, 4.69) is 15.4 Å². The number of para-hydroxylation sites is 1. The van der Waals surface area contributed by atoms with E-state index in [1.54, 1.807) is 24.3 Å². The number of amides is 2. The van der Waals surface area contributed by atoms with Gasteiger partial charge in [-0.15, -0.1) is 13.2 Å². The molecule has 136 valence electrons. The van der Waals surface area contributed by atoms with Crippen LogP contribution >= 0.6 is 11.8 Å². The molecule has 2 aromatic carbocycles. The van der Waals surface area contributed by atoms with Crippen molar-refractivity contribution in [3.63, 3.8) is 0 Å². The summed E-state index contributed by atoms with van der Waals surface area (Å²) in [6.45, 7) is 1.49. The van der Waals surface area contributed by atoms with Gasteiger partial charge < -0.3 is 15.4 Å². The lowest BCUT2D eigenvalue weighted by atomic mass is 10.1. The number of nitrogens with one attached hydrogen (secondary N) is 2. The Bertz CT molecular complexity index is 855. The molecule has 1 atom stereocenters. The van der Waals surface area contributed by atoms with Crippen LogP contribution in [0.2, 0.25) is 0 Å². The minimum absolute atomic E-state index is 0.248. The second-order valence-corrected chi connectivity index (χ2v) is 7.07. The second-order valence-electron chi connectivity index (χ2n) is 5.61. The summed E-state index contributed by atoms with van der Waals surface area (Å²) in [5.74, 6) is -1.46. The predicted molar refractivity (Wildman–Crippen MR) is 91.1 cm³/mol. The fourth-order valence-electron chi connectivity index (χ4n) is 2.31. The molecule has 2 amide bonds. The number of anilines is 2. The van der Waals surface area contributed by atoms with Crippen molar-refractivity contribution in [1.29, 1.82) is 0 Å². The fraction of sp³-hybridized carbons (Fsp3) is 0.176. The fourth-order valence-corrected chi connectivity index (χ4v) is 3.41. The van der Waals surface area contributed by atoms with Gasteiger partial charge in [-0.1, -0.05) is 23.9 Å². The van der Waals surface area contributed by atoms with Gasteiger partial charge in [0, 0.05) is 10.6 Å². The number of hydrogen-bond donors (Lipinski definition) is 2. The molecule has 2 aromatic rings. The maximum absolute atomic E-state index is 12.6. The number of rotatable bonds is 3. The molecule has 1 heterocycles. The molecule has 0 aliphatic carbocycles. The number of ether oxygens (including phenoxy) is 1. The Labute approximate surface area is 150 Å². The molecule has 9 heteroatoms. The Morgan fingerprint density at radius 2 is 1.81 bits per heavy atom. The van der Waals surface area contributed by atoms with E-state index in [4.69, 9.17) is 0 Å². The highest BCUT2D eigenvalue weighted by molar-refractivity contribution is 8.02. The summed E-state index contributed by atoms with van der Waals surface area (Å²) < 4.78 is 38.9. The Morgan fingerprint density at radius 1 is 1.15 bits per heavy atom. The number of carbonyl (C=O) groups excluding carboxylic acids is 2. The van der Waals surface area contributed by atoms with Crippen molar-refractivity contribution in [3.8, 4) is 5.75 Å². The lowest BCUT2D eigenvalue weighted by Gasteiger charge is -2.31. The molecule has 1 aliphatic rings. The minimum atomic E-state index is -4.79. The molecule has 2 N–H and O–H groups in total. The van der Waals surface area contributed by atoms with Crippen LogP contribution in [-0.4, -0.2) is 22.9 Å². The van der Waals surface area contributed by atoms with E-state index in [9.17, 15) is 22.8 Å². The summed E-state index contributed by atoms with van der Waals surface area (Å²) >= 11 is 1.11. The number of alkyl halides is 3. The van der Waals surface area contributed by atoms with E-state index in [0.29, 0.717) is 5.69 Å². The van der Waals surface area contributed by atoms with Gasteiger partial charge in [0.1, 0.15) is 5.75 Å². The average molecular weight is 382 g/mol. The van der Waals surface area contributed by atoms with Crippen LogP contribution in [0.4, 0.5) is 24.5 Å². The first-order valence-electron chi connectivity index (χ1n) is 7.44. The zero-order valence-electron chi connectivity index (χ0n) is 13.4. The van der Waals surface area contributed by atoms with Gasteiger partial charge in [-0.25, -0.2) is 0 Å². The van der Waals surface area contributed by atoms with Crippen LogP contribution in [0.25, 0.3) is 0 Å². The van der Waals surface area contributed by atoms with Crippen LogP contribution in [0.15, 0.2) is 53.4 Å². The van der Waals surface area contributed by atoms with Crippen molar-refractivity contribution in [2.24, 2.45) is 0 Å². The topological polar surface area (TPSA) is 67.4 Å². The monoisotopic (exact) mass is 382 g/mol. The second kappa shape index (κ2) is 6.56. The number of halogens is 3. The first-order chi connectivity index (χ1) is 12.2. The van der Waals surface area contributed by atoms with E-state index < -0.39 is 28.7 Å². The van der Waals surface area contributed by atoms with Crippen molar-refractivity contribution in [1.82, 2.24) is 0 Å². The molecule has 5 nitrogen and oxygen atoms in total. The van der Waals surface area contributed by atoms with Crippen molar-refractivity contribution in [2.75, 3.05) is 10.6 Å². The van der Waals surface area contributed by atoms with Gasteiger partial charge in [-0.2, -0.15) is 0 Å². The van der Waals surface area contributed by atoms with Gasteiger partial charge in [0.25, 0.3) is 0 Å². The zero-order chi connectivity index (χ0) is 18.9. The Kier molecular flexibility index (Phi) is 4.57. The lowest BCUT2D eigenvalue weighted by Crippen LogP contribution is -2.49. The molecule has 0 saturated heterocycles. The maximum Gasteiger partial charge on any atom is 0.573 e. The molecule has 0 spiro atoms. The molecule has 26 heavy (non-hydrogen) atoms. The van der Waals surface area contributed by atoms with Crippen molar-refractivity contribution < 1.29 is 27.5 Å². The normalized spacial score (nSPS) is 19.3. The Hall–Kier alpha value is -2.68. The molecular weight excluding hydrogens is 369 g/mol. The highest BCUT2D eigenvalue weighted by Crippen LogP contribution is 2.42. The van der Waals surface area contributed by atoms with Crippen LogP contribution in [0, 0.1) is 0 Å². The summed E-state index contributed by atoms with van der Waals surface area (Å²) in [4.78, 5) is 25.8. The number of benzene rings is 2. The average Bonchev–Trinajstić information content (AvgIpc) is 2.56. The molecular formula is C17H13F3N2O3S. The Morgan fingerprint density at radius 3 is 2.46 bits per heavy atom. The third kappa shape index (κ3) is 3.77. The van der Waals surface area contributed by atoms with Crippen molar-refractivity contribution >= 4 is 35.0 Å². The van der Waals surface area contributed by atoms with E-state index in [1.165, 1.54) is 19.1 Å². The standard InChI is InChI=1S/C17H13F3N2O3S/c1-16(15(24)22-12-4-2-3-5-13(12)26-16)14(23)21-10-6-8-11(9-7-10)25-17(18,19)20/h2-9H,1H3,(H,21,23)(H,22,24). The van der Waals surface area contributed by atoms with Crippen molar-refractivity contribution in [3.05, 3.63) is 48.5 Å². The summed E-state index contributed by atoms with van der Waals surface area (Å²) in [5.41, 5.74) is 0.874. The van der Waals surface area contributed by atoms with Crippen LogP contribution in [-0.2, 0) is 9.59 Å². The zero-order valence-corrected chi connectivity index (χ0v) is 14.2. The summed E-state index contributed by atoms with van der Waals surface area (Å²) in [5, 5.41) is 5.23. The largest absolute Gasteiger partial charge is 0.573 e. The molecule has 1 unspecified atom stereocenters. The third-order valence-corrected chi connectivity index (χ3v) is 5.02. The highest BCUT2D eigenvalue weighted by Gasteiger charge is 2.45. The number of hydrogen-bond acceptors (Lipinski definition) is 4. The van der Waals surface area contributed by atoms with Gasteiger partial charge in [-0.3, -0.25) is 9.59 Å². The SMILES string of the molecule is CC1(C(=O)Nc2ccc(OC(F)(F)F)cc2)Sc2ccccc2NC1=O. The molecule has 0 aromatic heterocycles. The molecule has 3 rings (SSSR count). The number of carbonyl (C=O) groups is 2. The maximum atomic E-state index is 12.6. The van der Waals surface area contributed by atoms with Gasteiger partial charge in [-0.05, 0) is 43.3 Å². The molecule has 0 saturated carbocycles. The summed E-state index contributed by atoms with van der Waals surface area (Å²) in [7, 11) is 0. The van der Waals surface area contributed by atoms with E-state index in [1.807, 2.05) is 0 Å². The summed E-state index contributed by atoms with van der Waals surface area (Å²) in [6.07, 6.45) is -4.79. The van der Waals surface area contributed by atoms with Crippen molar-refractivity contribution in [2.45, 2.75) is 22.9 Å². The lowest BCUT2D eigenvalue weighted by molar-refractivity contribution is -0.274. The number of fused-ring (bicyclic) bond motifs is 1. The predicted octanol–water partition coefficient (Wildman–Crippen LogP) is 4.03. The van der Waals surface area contributed by atoms with E-state index >= 15 is 0 Å². The number of thioether (sulfide) groups is 1. The Balaban J connectivity index is 1.74. The summed E-state index contributed by atoms with van der Waals surface area (Å²) in [6, 6.07) is 11.8. The smallest absolute Gasteiger partial charge is 0.406 e. The van der Waals surface area contributed by atoms with E-state index in [-0.39, 0.29) is 5.69 Å². The first kappa shape index (κ1) is 18.1. The van der Waals surface area contributed by atoms with E-state index in [0.717, 1.165) is 28.8 Å². The van der Waals surface area contributed by atoms with Gasteiger partial charge in [0.15, 0.2) is 4.75 Å². The van der Waals surface area contributed by atoms with Crippen LogP contribution in [0.1, 0.15) is 6.92 Å². The third-order valence-electron chi connectivity index (χ3n) is 3.66.